The molecule has 21 heavy (non-hydrogen) atoms. The van der Waals surface area contributed by atoms with E-state index in [0.717, 1.165) is 25.6 Å². The first kappa shape index (κ1) is 14.4. The molecule has 1 aliphatic carbocycles. The van der Waals surface area contributed by atoms with Crippen molar-refractivity contribution >= 4 is 10.9 Å². The van der Waals surface area contributed by atoms with Gasteiger partial charge in [0.05, 0.1) is 0 Å². The summed E-state index contributed by atoms with van der Waals surface area (Å²) in [4.78, 5) is 0. The second-order valence-electron chi connectivity index (χ2n) is 6.40. The molecule has 112 valence electrons. The minimum Gasteiger partial charge on any atom is -0.347 e. The van der Waals surface area contributed by atoms with Crippen LogP contribution in [-0.2, 0) is 13.0 Å². The molecule has 3 rings (SSSR count). The van der Waals surface area contributed by atoms with Crippen LogP contribution in [0.4, 0.5) is 0 Å². The number of rotatable bonds is 8. The normalized spacial score (nSPS) is 14.7. The van der Waals surface area contributed by atoms with Crippen LogP contribution in [0.15, 0.2) is 42.6 Å². The van der Waals surface area contributed by atoms with Gasteiger partial charge in [-0.25, -0.2) is 0 Å². The molecular formula is C19H26N2. The van der Waals surface area contributed by atoms with Crippen molar-refractivity contribution in [2.75, 3.05) is 6.54 Å². The summed E-state index contributed by atoms with van der Waals surface area (Å²) in [5.74, 6) is 0. The summed E-state index contributed by atoms with van der Waals surface area (Å²) in [6.45, 7) is 8.31. The fourth-order valence-corrected chi connectivity index (χ4v) is 2.89. The van der Waals surface area contributed by atoms with Gasteiger partial charge in [-0.05, 0) is 57.2 Å². The molecule has 1 saturated carbocycles. The Morgan fingerprint density at radius 1 is 1.33 bits per heavy atom. The van der Waals surface area contributed by atoms with Crippen LogP contribution in [0.2, 0.25) is 0 Å². The second-order valence-corrected chi connectivity index (χ2v) is 6.40. The molecule has 1 fully saturated rings. The first-order chi connectivity index (χ1) is 10.2. The van der Waals surface area contributed by atoms with Crippen LogP contribution in [-0.4, -0.2) is 17.2 Å². The number of nitrogens with zero attached hydrogens (tertiary/aromatic N) is 1. The molecule has 0 bridgehead atoms. The zero-order valence-corrected chi connectivity index (χ0v) is 13.1. The third-order valence-electron chi connectivity index (χ3n) is 4.28. The Morgan fingerprint density at radius 3 is 2.90 bits per heavy atom. The molecule has 1 N–H and O–H groups in total. The molecule has 0 unspecified atom stereocenters. The van der Waals surface area contributed by atoms with Gasteiger partial charge in [0.25, 0.3) is 0 Å². The summed E-state index contributed by atoms with van der Waals surface area (Å²) in [5, 5.41) is 5.03. The van der Waals surface area contributed by atoms with Gasteiger partial charge in [0, 0.05) is 29.7 Å². The Balaban J connectivity index is 1.69. The third kappa shape index (κ3) is 3.76. The van der Waals surface area contributed by atoms with Crippen LogP contribution in [0, 0.1) is 0 Å². The van der Waals surface area contributed by atoms with Crippen molar-refractivity contribution in [3.8, 4) is 0 Å². The van der Waals surface area contributed by atoms with E-state index in [4.69, 9.17) is 0 Å². The lowest BCUT2D eigenvalue weighted by atomic mass is 10.1. The zero-order chi connectivity index (χ0) is 14.7. The Morgan fingerprint density at radius 2 is 2.14 bits per heavy atom. The summed E-state index contributed by atoms with van der Waals surface area (Å²) in [6, 6.07) is 9.60. The molecule has 1 heterocycles. The van der Waals surface area contributed by atoms with E-state index >= 15 is 0 Å². The first-order valence-electron chi connectivity index (χ1n) is 8.18. The van der Waals surface area contributed by atoms with Gasteiger partial charge in [-0.1, -0.05) is 23.8 Å². The number of aromatic nitrogens is 1. The second kappa shape index (κ2) is 6.48. The van der Waals surface area contributed by atoms with E-state index in [1.807, 2.05) is 0 Å². The fourth-order valence-electron chi connectivity index (χ4n) is 2.89. The quantitative estimate of drug-likeness (QED) is 0.564. The maximum absolute atomic E-state index is 4.02. The highest BCUT2D eigenvalue weighted by molar-refractivity contribution is 5.84. The molecule has 2 nitrogen and oxygen atoms in total. The fraction of sp³-hybridized carbons (Fsp3) is 0.474. The molecule has 0 aliphatic heterocycles. The highest BCUT2D eigenvalue weighted by atomic mass is 15.0. The Bertz CT molecular complexity index is 620. The van der Waals surface area contributed by atoms with Gasteiger partial charge < -0.3 is 9.88 Å². The molecule has 2 aromatic rings. The van der Waals surface area contributed by atoms with E-state index in [-0.39, 0.29) is 0 Å². The van der Waals surface area contributed by atoms with Crippen molar-refractivity contribution in [2.45, 2.75) is 51.6 Å². The van der Waals surface area contributed by atoms with Crippen molar-refractivity contribution in [1.82, 2.24) is 9.88 Å². The largest absolute Gasteiger partial charge is 0.347 e. The van der Waals surface area contributed by atoms with Gasteiger partial charge in [0.1, 0.15) is 0 Å². The standard InChI is InChI=1S/C19H26N2/c1-15(2)11-13-21-14-16(6-5-12-20-17-9-10-17)18-7-3-4-8-19(18)21/h3-4,7-8,14,17,20H,1,5-6,9-13H2,2H3. The topological polar surface area (TPSA) is 17.0 Å². The summed E-state index contributed by atoms with van der Waals surface area (Å²) in [7, 11) is 0. The number of fused-ring (bicyclic) bond motifs is 1. The maximum atomic E-state index is 4.02. The number of nitrogens with one attached hydrogen (secondary N) is 1. The van der Waals surface area contributed by atoms with Crippen molar-refractivity contribution in [3.05, 3.63) is 48.2 Å². The van der Waals surface area contributed by atoms with E-state index in [0.29, 0.717) is 0 Å². The lowest BCUT2D eigenvalue weighted by molar-refractivity contribution is 0.644. The number of aryl methyl sites for hydroxylation is 2. The van der Waals surface area contributed by atoms with Gasteiger partial charge in [0.15, 0.2) is 0 Å². The van der Waals surface area contributed by atoms with E-state index < -0.39 is 0 Å². The Labute approximate surface area is 127 Å². The predicted molar refractivity (Wildman–Crippen MR) is 90.7 cm³/mol. The minimum atomic E-state index is 0.821. The summed E-state index contributed by atoms with van der Waals surface area (Å²) in [5.41, 5.74) is 4.11. The SMILES string of the molecule is C=C(C)CCn1cc(CCCNC2CC2)c2ccccc21. The lowest BCUT2D eigenvalue weighted by Gasteiger charge is -2.04. The number of hydrogen-bond acceptors (Lipinski definition) is 1. The Kier molecular flexibility index (Phi) is 4.45. The van der Waals surface area contributed by atoms with Gasteiger partial charge in [0.2, 0.25) is 0 Å². The number of para-hydroxylation sites is 1. The molecule has 0 saturated heterocycles. The number of hydrogen-bond donors (Lipinski definition) is 1. The molecule has 1 aliphatic rings. The molecule has 1 aromatic heterocycles. The predicted octanol–water partition coefficient (Wildman–Crippen LogP) is 4.29. The van der Waals surface area contributed by atoms with Crippen LogP contribution < -0.4 is 5.32 Å². The molecule has 0 radical (unpaired) electrons. The van der Waals surface area contributed by atoms with Crippen LogP contribution >= 0.6 is 0 Å². The van der Waals surface area contributed by atoms with E-state index in [2.05, 4.69) is 53.8 Å². The monoisotopic (exact) mass is 282 g/mol. The van der Waals surface area contributed by atoms with E-state index in [1.54, 1.807) is 0 Å². The maximum Gasteiger partial charge on any atom is 0.0483 e. The van der Waals surface area contributed by atoms with Crippen molar-refractivity contribution < 1.29 is 0 Å². The third-order valence-corrected chi connectivity index (χ3v) is 4.28. The highest BCUT2D eigenvalue weighted by Gasteiger charge is 2.19. The highest BCUT2D eigenvalue weighted by Crippen LogP contribution is 2.23. The van der Waals surface area contributed by atoms with E-state index in [1.165, 1.54) is 47.7 Å². The van der Waals surface area contributed by atoms with Crippen LogP contribution in [0.25, 0.3) is 10.9 Å². The number of allylic oxidation sites excluding steroid dienone is 1. The van der Waals surface area contributed by atoms with Crippen LogP contribution in [0.1, 0.15) is 38.2 Å². The summed E-state index contributed by atoms with van der Waals surface area (Å²) >= 11 is 0. The molecule has 0 amide bonds. The molecule has 2 heteroatoms. The smallest absolute Gasteiger partial charge is 0.0483 e. The minimum absolute atomic E-state index is 0.821. The lowest BCUT2D eigenvalue weighted by Crippen LogP contribution is -2.17. The summed E-state index contributed by atoms with van der Waals surface area (Å²) in [6.07, 6.45) is 8.55. The van der Waals surface area contributed by atoms with Gasteiger partial charge in [-0.15, -0.1) is 6.58 Å². The average molecular weight is 282 g/mol. The molecular weight excluding hydrogens is 256 g/mol. The molecule has 0 atom stereocenters. The molecule has 0 spiro atoms. The van der Waals surface area contributed by atoms with Crippen molar-refractivity contribution in [3.63, 3.8) is 0 Å². The average Bonchev–Trinajstić information content (AvgIpc) is 3.24. The van der Waals surface area contributed by atoms with Crippen LogP contribution in [0.5, 0.6) is 0 Å². The van der Waals surface area contributed by atoms with Gasteiger partial charge >= 0.3 is 0 Å². The van der Waals surface area contributed by atoms with Crippen molar-refractivity contribution in [1.29, 1.82) is 0 Å². The van der Waals surface area contributed by atoms with E-state index in [9.17, 15) is 0 Å². The van der Waals surface area contributed by atoms with Gasteiger partial charge in [-0.3, -0.25) is 0 Å². The zero-order valence-electron chi connectivity index (χ0n) is 13.1. The molecule has 1 aromatic carbocycles. The first-order valence-corrected chi connectivity index (χ1v) is 8.18. The van der Waals surface area contributed by atoms with Crippen LogP contribution in [0.3, 0.4) is 0 Å². The van der Waals surface area contributed by atoms with Gasteiger partial charge in [-0.2, -0.15) is 0 Å². The number of benzene rings is 1. The summed E-state index contributed by atoms with van der Waals surface area (Å²) < 4.78 is 2.40. The van der Waals surface area contributed by atoms with Crippen molar-refractivity contribution in [2.24, 2.45) is 0 Å². The Hall–Kier alpha value is -1.54.